The lowest BCUT2D eigenvalue weighted by Gasteiger charge is -2.12. The van der Waals surface area contributed by atoms with Gasteiger partial charge in [0.15, 0.2) is 5.65 Å². The summed E-state index contributed by atoms with van der Waals surface area (Å²) >= 11 is 1.35. The van der Waals surface area contributed by atoms with Gasteiger partial charge in [-0.3, -0.25) is 9.20 Å². The van der Waals surface area contributed by atoms with Crippen LogP contribution in [0.2, 0.25) is 0 Å². The first-order valence-electron chi connectivity index (χ1n) is 9.69. The summed E-state index contributed by atoms with van der Waals surface area (Å²) in [6, 6.07) is 13.6. The number of para-hydroxylation sites is 2. The number of ether oxygens (including phenoxy) is 1. The minimum absolute atomic E-state index is 0.138. The van der Waals surface area contributed by atoms with Gasteiger partial charge in [-0.2, -0.15) is 0 Å². The molecule has 0 spiro atoms. The van der Waals surface area contributed by atoms with Crippen LogP contribution >= 0.6 is 11.8 Å². The molecule has 2 aromatic heterocycles. The first-order valence-corrected chi connectivity index (χ1v) is 10.7. The van der Waals surface area contributed by atoms with Crippen molar-refractivity contribution in [1.82, 2.24) is 19.6 Å². The molecule has 4 rings (SSSR count). The molecule has 0 aliphatic carbocycles. The van der Waals surface area contributed by atoms with Crippen LogP contribution in [0.5, 0.6) is 5.75 Å². The number of aromatic nitrogens is 4. The smallest absolute Gasteiger partial charge is 0.234 e. The van der Waals surface area contributed by atoms with Crippen LogP contribution < -0.4 is 10.1 Å². The van der Waals surface area contributed by atoms with Crippen LogP contribution in [0.3, 0.4) is 0 Å². The van der Waals surface area contributed by atoms with Crippen molar-refractivity contribution in [3.05, 3.63) is 53.9 Å². The lowest BCUT2D eigenvalue weighted by molar-refractivity contribution is -0.113. The standard InChI is InChI=1S/C22H23N5O2S/c1-13(2)20-25-26-21-22(24-15-7-5-6-8-17(15)27(20)21)30-12-19(28)23-16-11-14(3)9-10-18(16)29-4/h5-11,13H,12H2,1-4H3,(H,23,28). The van der Waals surface area contributed by atoms with Crippen LogP contribution in [0.15, 0.2) is 47.5 Å². The number of benzene rings is 2. The SMILES string of the molecule is COc1ccc(C)cc1NC(=O)CSc1nc2ccccc2n2c(C(C)C)nnc12. The fourth-order valence-corrected chi connectivity index (χ4v) is 4.05. The number of rotatable bonds is 6. The molecule has 0 saturated carbocycles. The number of aryl methyl sites for hydroxylation is 1. The third-order valence-corrected chi connectivity index (χ3v) is 5.66. The van der Waals surface area contributed by atoms with Crippen molar-refractivity contribution in [1.29, 1.82) is 0 Å². The maximum absolute atomic E-state index is 12.6. The number of nitrogens with one attached hydrogen (secondary N) is 1. The average Bonchev–Trinajstić information content (AvgIpc) is 3.18. The van der Waals surface area contributed by atoms with Crippen LogP contribution in [0.25, 0.3) is 16.7 Å². The molecule has 4 aromatic rings. The number of hydrogen-bond acceptors (Lipinski definition) is 6. The molecular weight excluding hydrogens is 398 g/mol. The second kappa shape index (κ2) is 8.31. The summed E-state index contributed by atoms with van der Waals surface area (Å²) in [6.07, 6.45) is 0. The zero-order valence-corrected chi connectivity index (χ0v) is 18.2. The van der Waals surface area contributed by atoms with Crippen molar-refractivity contribution in [2.45, 2.75) is 31.7 Å². The zero-order chi connectivity index (χ0) is 21.3. The number of fused-ring (bicyclic) bond motifs is 3. The van der Waals surface area contributed by atoms with Crippen LogP contribution in [0.1, 0.15) is 31.2 Å². The van der Waals surface area contributed by atoms with Gasteiger partial charge >= 0.3 is 0 Å². The monoisotopic (exact) mass is 421 g/mol. The molecule has 2 heterocycles. The number of hydrogen-bond donors (Lipinski definition) is 1. The van der Waals surface area contributed by atoms with E-state index in [1.807, 2.05) is 53.8 Å². The van der Waals surface area contributed by atoms with Crippen LogP contribution in [0, 0.1) is 6.92 Å². The highest BCUT2D eigenvalue weighted by atomic mass is 32.2. The molecule has 0 fully saturated rings. The maximum Gasteiger partial charge on any atom is 0.234 e. The second-order valence-electron chi connectivity index (χ2n) is 7.32. The van der Waals surface area contributed by atoms with E-state index >= 15 is 0 Å². The lowest BCUT2D eigenvalue weighted by atomic mass is 10.2. The predicted molar refractivity (Wildman–Crippen MR) is 119 cm³/mol. The summed E-state index contributed by atoms with van der Waals surface area (Å²) in [5.41, 5.74) is 4.17. The van der Waals surface area contributed by atoms with E-state index in [1.165, 1.54) is 11.8 Å². The number of nitrogens with zero attached hydrogens (tertiary/aromatic N) is 4. The van der Waals surface area contributed by atoms with Crippen molar-refractivity contribution in [3.8, 4) is 5.75 Å². The average molecular weight is 422 g/mol. The topological polar surface area (TPSA) is 81.4 Å². The van der Waals surface area contributed by atoms with E-state index in [4.69, 9.17) is 9.72 Å². The largest absolute Gasteiger partial charge is 0.495 e. The highest BCUT2D eigenvalue weighted by Crippen LogP contribution is 2.29. The van der Waals surface area contributed by atoms with Crippen molar-refractivity contribution >= 4 is 40.0 Å². The third kappa shape index (κ3) is 3.82. The number of carbonyl (C=O) groups is 1. The van der Waals surface area contributed by atoms with Crippen molar-refractivity contribution in [2.24, 2.45) is 0 Å². The summed E-state index contributed by atoms with van der Waals surface area (Å²) in [7, 11) is 1.59. The maximum atomic E-state index is 12.6. The van der Waals surface area contributed by atoms with Gasteiger partial charge in [0.1, 0.15) is 16.6 Å². The van der Waals surface area contributed by atoms with Crippen molar-refractivity contribution in [2.75, 3.05) is 18.2 Å². The van der Waals surface area contributed by atoms with Crippen molar-refractivity contribution < 1.29 is 9.53 Å². The number of anilines is 1. The molecular formula is C22H23N5O2S. The highest BCUT2D eigenvalue weighted by Gasteiger charge is 2.18. The predicted octanol–water partition coefficient (Wildman–Crippen LogP) is 4.45. The molecule has 154 valence electrons. The summed E-state index contributed by atoms with van der Waals surface area (Å²) in [4.78, 5) is 17.4. The van der Waals surface area contributed by atoms with E-state index in [1.54, 1.807) is 7.11 Å². The Kier molecular flexibility index (Phi) is 5.59. The summed E-state index contributed by atoms with van der Waals surface area (Å²) in [6.45, 7) is 6.14. The number of methoxy groups -OCH3 is 1. The normalized spacial score (nSPS) is 11.4. The number of thioether (sulfide) groups is 1. The van der Waals surface area contributed by atoms with Gasteiger partial charge in [-0.05, 0) is 36.8 Å². The Bertz CT molecular complexity index is 1240. The molecule has 0 saturated heterocycles. The summed E-state index contributed by atoms with van der Waals surface area (Å²) in [5, 5.41) is 12.4. The van der Waals surface area contributed by atoms with Gasteiger partial charge in [0.05, 0.1) is 29.6 Å². The Balaban J connectivity index is 1.63. The first-order chi connectivity index (χ1) is 14.5. The number of amides is 1. The molecule has 1 amide bonds. The molecule has 0 unspecified atom stereocenters. The minimum atomic E-state index is -0.138. The van der Waals surface area contributed by atoms with Gasteiger partial charge in [-0.25, -0.2) is 4.98 Å². The first kappa shape index (κ1) is 20.2. The summed E-state index contributed by atoms with van der Waals surface area (Å²) in [5.74, 6) is 1.77. The Hall–Kier alpha value is -3.13. The highest BCUT2D eigenvalue weighted by molar-refractivity contribution is 8.00. The van der Waals surface area contributed by atoms with Gasteiger partial charge in [-0.15, -0.1) is 10.2 Å². The van der Waals surface area contributed by atoms with Crippen LogP contribution in [-0.4, -0.2) is 38.4 Å². The third-order valence-electron chi connectivity index (χ3n) is 4.71. The molecule has 0 radical (unpaired) electrons. The molecule has 0 aliphatic rings. The fraction of sp³-hybridized carbons (Fsp3) is 0.273. The lowest BCUT2D eigenvalue weighted by Crippen LogP contribution is -2.15. The van der Waals surface area contributed by atoms with Gasteiger partial charge in [0.2, 0.25) is 5.91 Å². The molecule has 0 atom stereocenters. The molecule has 2 aromatic carbocycles. The Morgan fingerprint density at radius 2 is 2.00 bits per heavy atom. The molecule has 8 heteroatoms. The second-order valence-corrected chi connectivity index (χ2v) is 8.28. The molecule has 7 nitrogen and oxygen atoms in total. The zero-order valence-electron chi connectivity index (χ0n) is 17.3. The van der Waals surface area contributed by atoms with E-state index in [0.29, 0.717) is 22.1 Å². The van der Waals surface area contributed by atoms with Crippen LogP contribution in [-0.2, 0) is 4.79 Å². The van der Waals surface area contributed by atoms with Crippen molar-refractivity contribution in [3.63, 3.8) is 0 Å². The number of carbonyl (C=O) groups excluding carboxylic acids is 1. The molecule has 30 heavy (non-hydrogen) atoms. The minimum Gasteiger partial charge on any atom is -0.495 e. The molecule has 0 aliphatic heterocycles. The van der Waals surface area contributed by atoms with Gasteiger partial charge in [0.25, 0.3) is 0 Å². The Labute approximate surface area is 178 Å². The van der Waals surface area contributed by atoms with Gasteiger partial charge in [-0.1, -0.05) is 43.8 Å². The van der Waals surface area contributed by atoms with E-state index in [-0.39, 0.29) is 17.6 Å². The van der Waals surface area contributed by atoms with Gasteiger partial charge in [0, 0.05) is 5.92 Å². The van der Waals surface area contributed by atoms with E-state index in [9.17, 15) is 4.79 Å². The molecule has 0 bridgehead atoms. The van der Waals surface area contributed by atoms with E-state index in [2.05, 4.69) is 29.4 Å². The quantitative estimate of drug-likeness (QED) is 0.463. The van der Waals surface area contributed by atoms with E-state index < -0.39 is 0 Å². The molecule has 1 N–H and O–H groups in total. The van der Waals surface area contributed by atoms with Crippen LogP contribution in [0.4, 0.5) is 5.69 Å². The Morgan fingerprint density at radius 1 is 1.20 bits per heavy atom. The Morgan fingerprint density at radius 3 is 2.77 bits per heavy atom. The fourth-order valence-electron chi connectivity index (χ4n) is 3.29. The summed E-state index contributed by atoms with van der Waals surface area (Å²) < 4.78 is 7.38. The van der Waals surface area contributed by atoms with E-state index in [0.717, 1.165) is 22.4 Å². The van der Waals surface area contributed by atoms with Gasteiger partial charge < -0.3 is 10.1 Å².